The van der Waals surface area contributed by atoms with E-state index in [1.807, 2.05) is 50.3 Å². The van der Waals surface area contributed by atoms with Gasteiger partial charge >= 0.3 is 180 Å². The van der Waals surface area contributed by atoms with Crippen molar-refractivity contribution in [2.45, 2.75) is 40.2 Å². The minimum Gasteiger partial charge on any atom is -0.0683 e. The first kappa shape index (κ1) is 26.7. The van der Waals surface area contributed by atoms with Crippen molar-refractivity contribution in [1.82, 2.24) is 5.09 Å². The number of benzene rings is 3. The quantitative estimate of drug-likeness (QED) is 0.208. The standard InChI is InChI=1S/C24H24NO2PSe.C2H6.C2H2/c1-5-16(4)25-28(29)26-21-14-12-17(6-2)19(7-3)23(21)24-20-11-9-8-10-18(20)13-15-22(24)27-28;2*1-2/h6-16H,2-3,5H2,1,4H3,(H,25,29);1-2H3;1-2H. The van der Waals surface area contributed by atoms with Crippen LogP contribution in [-0.2, 0) is 0 Å². The average Bonchev–Trinajstić information content (AvgIpc) is 2.98. The van der Waals surface area contributed by atoms with E-state index in [0.29, 0.717) is 0 Å². The molecule has 1 heterocycles. The monoisotopic (exact) mass is 525 g/mol. The molecular weight excluding hydrogens is 492 g/mol. The fourth-order valence-corrected chi connectivity index (χ4v) is 7.46. The summed E-state index contributed by atoms with van der Waals surface area (Å²) in [6, 6.07) is 16.7. The molecule has 4 rings (SSSR count). The van der Waals surface area contributed by atoms with Crippen LogP contribution < -0.4 is 14.1 Å². The van der Waals surface area contributed by atoms with Crippen LogP contribution in [0.1, 0.15) is 45.2 Å². The molecule has 2 unspecified atom stereocenters. The Morgan fingerprint density at radius 3 is 2.18 bits per heavy atom. The second-order valence-electron chi connectivity index (χ2n) is 7.13. The molecule has 0 saturated carbocycles. The van der Waals surface area contributed by atoms with Gasteiger partial charge in [0.25, 0.3) is 0 Å². The molecular formula is C28H32NO2PSe. The van der Waals surface area contributed by atoms with Gasteiger partial charge in [0, 0.05) is 0 Å². The normalized spacial score (nSPS) is 16.5. The largest absolute Gasteiger partial charge is 0.0683 e. The van der Waals surface area contributed by atoms with Crippen molar-refractivity contribution in [3.8, 4) is 35.5 Å². The van der Waals surface area contributed by atoms with E-state index in [4.69, 9.17) is 9.05 Å². The van der Waals surface area contributed by atoms with E-state index in [-0.39, 0.29) is 6.04 Å². The Kier molecular flexibility index (Phi) is 9.78. The van der Waals surface area contributed by atoms with Gasteiger partial charge in [-0.15, -0.1) is 12.8 Å². The Bertz CT molecular complexity index is 1220. The molecule has 0 radical (unpaired) electrons. The van der Waals surface area contributed by atoms with Gasteiger partial charge in [0.05, 0.1) is 0 Å². The van der Waals surface area contributed by atoms with Crippen LogP contribution in [0.4, 0.5) is 0 Å². The maximum Gasteiger partial charge on any atom is -0.0683 e. The fourth-order valence-electron chi connectivity index (χ4n) is 3.62. The van der Waals surface area contributed by atoms with Gasteiger partial charge in [-0.05, 0) is 0 Å². The summed E-state index contributed by atoms with van der Waals surface area (Å²) in [6.07, 6.45) is 10.2. The minimum absolute atomic E-state index is 0.251. The molecule has 0 fully saturated rings. The van der Waals surface area contributed by atoms with E-state index in [2.05, 4.69) is 84.3 Å². The first-order valence-corrected chi connectivity index (χ1v) is 14.9. The first-order valence-electron chi connectivity index (χ1n) is 11.0. The number of hydrogen-bond donors (Lipinski definition) is 1. The Labute approximate surface area is 206 Å². The van der Waals surface area contributed by atoms with Gasteiger partial charge in [0.15, 0.2) is 0 Å². The smallest absolute Gasteiger partial charge is 0.0683 e. The molecule has 1 aliphatic heterocycles. The van der Waals surface area contributed by atoms with E-state index in [0.717, 1.165) is 50.9 Å². The van der Waals surface area contributed by atoms with Gasteiger partial charge < -0.3 is 0 Å². The molecule has 0 bridgehead atoms. The summed E-state index contributed by atoms with van der Waals surface area (Å²) in [6.45, 7) is 16.3. The Balaban J connectivity index is 0.000000914. The zero-order chi connectivity index (χ0) is 24.6. The molecule has 0 aliphatic carbocycles. The average molecular weight is 525 g/mol. The minimum atomic E-state index is -2.51. The van der Waals surface area contributed by atoms with Gasteiger partial charge in [-0.2, -0.15) is 0 Å². The van der Waals surface area contributed by atoms with Crippen LogP contribution in [0.15, 0.2) is 61.7 Å². The summed E-state index contributed by atoms with van der Waals surface area (Å²) in [7, 11) is 0. The van der Waals surface area contributed by atoms with Gasteiger partial charge in [0.2, 0.25) is 0 Å². The van der Waals surface area contributed by atoms with E-state index in [1.165, 1.54) is 0 Å². The Morgan fingerprint density at radius 1 is 0.970 bits per heavy atom. The van der Waals surface area contributed by atoms with Crippen molar-refractivity contribution in [2.75, 3.05) is 0 Å². The molecule has 1 aliphatic rings. The van der Waals surface area contributed by atoms with Crippen LogP contribution in [0.5, 0.6) is 11.5 Å². The van der Waals surface area contributed by atoms with E-state index in [9.17, 15) is 0 Å². The van der Waals surface area contributed by atoms with Crippen molar-refractivity contribution >= 4 is 44.1 Å². The second-order valence-corrected chi connectivity index (χ2v) is 11.8. The third kappa shape index (κ3) is 5.52. The van der Waals surface area contributed by atoms with Crippen LogP contribution in [0, 0.1) is 12.8 Å². The summed E-state index contributed by atoms with van der Waals surface area (Å²) in [4.78, 5) is 0. The third-order valence-corrected chi connectivity index (χ3v) is 8.47. The van der Waals surface area contributed by atoms with Crippen LogP contribution in [0.2, 0.25) is 0 Å². The molecule has 1 N–H and O–H groups in total. The van der Waals surface area contributed by atoms with E-state index < -0.39 is 6.11 Å². The van der Waals surface area contributed by atoms with Gasteiger partial charge in [-0.25, -0.2) is 0 Å². The zero-order valence-corrected chi connectivity index (χ0v) is 22.4. The Hall–Kier alpha value is -2.53. The van der Waals surface area contributed by atoms with Crippen LogP contribution in [-0.4, -0.2) is 21.1 Å². The van der Waals surface area contributed by atoms with E-state index >= 15 is 0 Å². The van der Waals surface area contributed by atoms with Gasteiger partial charge in [0.1, 0.15) is 0 Å². The number of terminal acetylenes is 1. The van der Waals surface area contributed by atoms with Crippen LogP contribution in [0.25, 0.3) is 34.1 Å². The number of rotatable bonds is 5. The maximum absolute atomic E-state index is 6.54. The van der Waals surface area contributed by atoms with Crippen molar-refractivity contribution in [3.05, 3.63) is 72.8 Å². The zero-order valence-electron chi connectivity index (χ0n) is 19.8. The summed E-state index contributed by atoms with van der Waals surface area (Å²) < 4.78 is 13.1. The summed E-state index contributed by atoms with van der Waals surface area (Å²) >= 11 is 3.20. The molecule has 0 saturated heterocycles. The topological polar surface area (TPSA) is 30.5 Å². The van der Waals surface area contributed by atoms with Gasteiger partial charge in [-0.3, -0.25) is 0 Å². The molecule has 0 spiro atoms. The predicted octanol–water partition coefficient (Wildman–Crippen LogP) is 8.07. The summed E-state index contributed by atoms with van der Waals surface area (Å²) in [5.41, 5.74) is 4.03. The number of nitrogens with one attached hydrogen (secondary N) is 1. The van der Waals surface area contributed by atoms with Crippen molar-refractivity contribution in [3.63, 3.8) is 0 Å². The van der Waals surface area contributed by atoms with Crippen LogP contribution in [0.3, 0.4) is 0 Å². The molecule has 33 heavy (non-hydrogen) atoms. The molecule has 0 aromatic heterocycles. The van der Waals surface area contributed by atoms with Crippen molar-refractivity contribution < 1.29 is 9.05 Å². The first-order chi connectivity index (χ1) is 16.0. The fraction of sp³-hybridized carbons (Fsp3) is 0.214. The van der Waals surface area contributed by atoms with Crippen molar-refractivity contribution in [1.29, 1.82) is 0 Å². The molecule has 172 valence electrons. The molecule has 2 atom stereocenters. The molecule has 5 heteroatoms. The molecule has 3 aromatic rings. The molecule has 0 amide bonds. The van der Waals surface area contributed by atoms with E-state index in [1.54, 1.807) is 0 Å². The Morgan fingerprint density at radius 2 is 1.58 bits per heavy atom. The van der Waals surface area contributed by atoms with Crippen LogP contribution >= 0.6 is 6.11 Å². The molecule has 3 nitrogen and oxygen atoms in total. The number of hydrogen-bond acceptors (Lipinski definition) is 3. The molecule has 3 aromatic carbocycles. The van der Waals surface area contributed by atoms with Crippen molar-refractivity contribution in [2.24, 2.45) is 0 Å². The second kappa shape index (κ2) is 12.1. The van der Waals surface area contributed by atoms with Gasteiger partial charge in [-0.1, -0.05) is 13.8 Å². The number of fused-ring (bicyclic) bond motifs is 5. The maximum atomic E-state index is 6.54. The predicted molar refractivity (Wildman–Crippen MR) is 148 cm³/mol. The summed E-state index contributed by atoms with van der Waals surface area (Å²) in [5.74, 6) is 1.58. The SMILES string of the molecule is C#C.C=Cc1ccc2c(c1C=C)-c1c(ccc3ccccc13)OP(=[Se])(NC(C)CC)O2.CC. The summed E-state index contributed by atoms with van der Waals surface area (Å²) in [5, 5.41) is 5.82. The third-order valence-electron chi connectivity index (χ3n) is 5.23.